The molecule has 0 aromatic carbocycles. The fourth-order valence-corrected chi connectivity index (χ4v) is 2.22. The topological polar surface area (TPSA) is 128 Å². The van der Waals surface area contributed by atoms with Crippen LogP contribution >= 0.6 is 0 Å². The highest BCUT2D eigenvalue weighted by atomic mass is 32.2. The number of nitrogens with zero attached hydrogens (tertiary/aromatic N) is 3. The van der Waals surface area contributed by atoms with E-state index in [0.29, 0.717) is 5.69 Å². The number of rotatable bonds is 7. The first-order valence-corrected chi connectivity index (χ1v) is 7.53. The third-order valence-corrected chi connectivity index (χ3v) is 4.84. The Morgan fingerprint density at radius 3 is 2.68 bits per heavy atom. The van der Waals surface area contributed by atoms with Crippen LogP contribution in [-0.2, 0) is 27.6 Å². The van der Waals surface area contributed by atoms with Gasteiger partial charge in [0.05, 0.1) is 23.2 Å². The van der Waals surface area contributed by atoms with E-state index in [1.165, 1.54) is 10.9 Å². The molecule has 0 saturated carbocycles. The lowest BCUT2D eigenvalue weighted by Crippen LogP contribution is -2.32. The van der Waals surface area contributed by atoms with Crippen LogP contribution in [0.1, 0.15) is 19.5 Å². The monoisotopic (exact) mass is 290 g/mol. The van der Waals surface area contributed by atoms with Crippen LogP contribution in [0.15, 0.2) is 6.20 Å². The summed E-state index contributed by atoms with van der Waals surface area (Å²) in [7, 11) is -3.13. The van der Waals surface area contributed by atoms with Gasteiger partial charge >= 0.3 is 5.97 Å². The summed E-state index contributed by atoms with van der Waals surface area (Å²) < 4.78 is 24.6. The predicted octanol–water partition coefficient (Wildman–Crippen LogP) is -0.944. The summed E-state index contributed by atoms with van der Waals surface area (Å²) in [5.41, 5.74) is 5.80. The summed E-state index contributed by atoms with van der Waals surface area (Å²) in [6.07, 6.45) is 1.57. The molecule has 0 aliphatic rings. The van der Waals surface area contributed by atoms with Gasteiger partial charge in [0, 0.05) is 12.6 Å². The van der Waals surface area contributed by atoms with Crippen molar-refractivity contribution in [1.29, 1.82) is 0 Å². The van der Waals surface area contributed by atoms with Crippen LogP contribution in [0.3, 0.4) is 0 Å². The summed E-state index contributed by atoms with van der Waals surface area (Å²) in [6, 6.07) is -1.04. The smallest absolute Gasteiger partial charge is 0.320 e. The van der Waals surface area contributed by atoms with Gasteiger partial charge in [0.2, 0.25) is 0 Å². The molecule has 1 aromatic rings. The number of aromatic nitrogens is 3. The van der Waals surface area contributed by atoms with Crippen LogP contribution in [0, 0.1) is 0 Å². The van der Waals surface area contributed by atoms with Crippen LogP contribution in [-0.4, -0.2) is 51.5 Å². The van der Waals surface area contributed by atoms with Crippen LogP contribution in [0.5, 0.6) is 0 Å². The SMILES string of the molecule is CC(C)S(=O)(=O)CCn1cc(CC(N)C(=O)O)nn1. The molecule has 3 N–H and O–H groups in total. The number of carboxylic acids is 1. The largest absolute Gasteiger partial charge is 0.480 e. The molecule has 1 unspecified atom stereocenters. The summed E-state index contributed by atoms with van der Waals surface area (Å²) in [5.74, 6) is -1.14. The second-order valence-corrected chi connectivity index (χ2v) is 7.21. The summed E-state index contributed by atoms with van der Waals surface area (Å²) in [4.78, 5) is 10.6. The van der Waals surface area contributed by atoms with E-state index < -0.39 is 27.1 Å². The van der Waals surface area contributed by atoms with Crippen molar-refractivity contribution in [1.82, 2.24) is 15.0 Å². The standard InChI is InChI=1S/C10H18N4O4S/c1-7(2)19(17,18)4-3-14-6-8(12-13-14)5-9(11)10(15)16/h6-7,9H,3-5,11H2,1-2H3,(H,15,16). The number of sulfone groups is 1. The van der Waals surface area contributed by atoms with Crippen LogP contribution in [0.2, 0.25) is 0 Å². The quantitative estimate of drug-likeness (QED) is 0.662. The molecule has 0 aliphatic carbocycles. The van der Waals surface area contributed by atoms with Gasteiger partial charge in [0.25, 0.3) is 0 Å². The Morgan fingerprint density at radius 2 is 2.16 bits per heavy atom. The number of aryl methyl sites for hydroxylation is 1. The second-order valence-electron chi connectivity index (χ2n) is 4.54. The first-order valence-electron chi connectivity index (χ1n) is 5.81. The van der Waals surface area contributed by atoms with Crippen LogP contribution in [0.4, 0.5) is 0 Å². The first-order chi connectivity index (χ1) is 8.72. The van der Waals surface area contributed by atoms with Gasteiger partial charge in [-0.25, -0.2) is 8.42 Å². The average Bonchev–Trinajstić information content (AvgIpc) is 2.74. The normalized spacial score (nSPS) is 13.7. The molecular weight excluding hydrogens is 272 g/mol. The highest BCUT2D eigenvalue weighted by Crippen LogP contribution is 2.03. The van der Waals surface area contributed by atoms with E-state index in [9.17, 15) is 13.2 Å². The molecule has 19 heavy (non-hydrogen) atoms. The first kappa shape index (κ1) is 15.6. The Balaban J connectivity index is 2.59. The minimum atomic E-state index is -3.13. The van der Waals surface area contributed by atoms with Gasteiger partial charge in [-0.2, -0.15) is 0 Å². The Hall–Kier alpha value is -1.48. The maximum Gasteiger partial charge on any atom is 0.320 e. The van der Waals surface area contributed by atoms with E-state index in [2.05, 4.69) is 10.3 Å². The molecule has 1 aromatic heterocycles. The Morgan fingerprint density at radius 1 is 1.53 bits per heavy atom. The van der Waals surface area contributed by atoms with E-state index in [0.717, 1.165) is 0 Å². The zero-order valence-corrected chi connectivity index (χ0v) is 11.7. The number of carbonyl (C=O) groups is 1. The molecule has 0 bridgehead atoms. The highest BCUT2D eigenvalue weighted by Gasteiger charge is 2.17. The lowest BCUT2D eigenvalue weighted by atomic mass is 10.2. The van der Waals surface area contributed by atoms with Crippen molar-refractivity contribution in [2.45, 2.75) is 38.1 Å². The molecule has 108 valence electrons. The lowest BCUT2D eigenvalue weighted by molar-refractivity contribution is -0.138. The van der Waals surface area contributed by atoms with Crippen molar-refractivity contribution in [3.05, 3.63) is 11.9 Å². The molecule has 0 saturated heterocycles. The number of hydrogen-bond donors (Lipinski definition) is 2. The predicted molar refractivity (Wildman–Crippen MR) is 68.3 cm³/mol. The number of hydrogen-bond acceptors (Lipinski definition) is 6. The van der Waals surface area contributed by atoms with Crippen molar-refractivity contribution >= 4 is 15.8 Å². The fraction of sp³-hybridized carbons (Fsp3) is 0.700. The molecule has 9 heteroatoms. The maximum absolute atomic E-state index is 11.6. The van der Waals surface area contributed by atoms with Crippen LogP contribution in [0.25, 0.3) is 0 Å². The van der Waals surface area contributed by atoms with Gasteiger partial charge in [0.15, 0.2) is 9.84 Å². The zero-order valence-electron chi connectivity index (χ0n) is 10.9. The molecule has 1 atom stereocenters. The van der Waals surface area contributed by atoms with Crippen LogP contribution < -0.4 is 5.73 Å². The van der Waals surface area contributed by atoms with Gasteiger partial charge < -0.3 is 10.8 Å². The van der Waals surface area contributed by atoms with Gasteiger partial charge in [-0.1, -0.05) is 5.21 Å². The molecule has 0 spiro atoms. The van der Waals surface area contributed by atoms with Crippen molar-refractivity contribution in [2.24, 2.45) is 5.73 Å². The minimum Gasteiger partial charge on any atom is -0.480 e. The third-order valence-electron chi connectivity index (χ3n) is 2.66. The maximum atomic E-state index is 11.6. The van der Waals surface area contributed by atoms with Gasteiger partial charge in [0.1, 0.15) is 6.04 Å². The number of aliphatic carboxylic acids is 1. The number of carboxylic acid groups (broad SMARTS) is 1. The van der Waals surface area contributed by atoms with E-state index >= 15 is 0 Å². The third kappa shape index (κ3) is 4.60. The van der Waals surface area contributed by atoms with E-state index in [1.807, 2.05) is 0 Å². The summed E-state index contributed by atoms with van der Waals surface area (Å²) in [5, 5.41) is 15.7. The highest BCUT2D eigenvalue weighted by molar-refractivity contribution is 7.91. The van der Waals surface area contributed by atoms with Crippen molar-refractivity contribution in [3.8, 4) is 0 Å². The zero-order chi connectivity index (χ0) is 14.6. The van der Waals surface area contributed by atoms with Crippen molar-refractivity contribution < 1.29 is 18.3 Å². The molecule has 0 radical (unpaired) electrons. The van der Waals surface area contributed by atoms with E-state index in [4.69, 9.17) is 10.8 Å². The summed E-state index contributed by atoms with van der Waals surface area (Å²) >= 11 is 0. The second kappa shape index (κ2) is 6.11. The number of nitrogens with two attached hydrogens (primary N) is 1. The van der Waals surface area contributed by atoms with Crippen molar-refractivity contribution in [2.75, 3.05) is 5.75 Å². The molecule has 0 aliphatic heterocycles. The van der Waals surface area contributed by atoms with E-state index in [-0.39, 0.29) is 18.7 Å². The Labute approximate surface area is 111 Å². The van der Waals surface area contributed by atoms with Gasteiger partial charge in [-0.05, 0) is 13.8 Å². The average molecular weight is 290 g/mol. The van der Waals surface area contributed by atoms with Crippen molar-refractivity contribution in [3.63, 3.8) is 0 Å². The van der Waals surface area contributed by atoms with Gasteiger partial charge in [-0.3, -0.25) is 9.48 Å². The lowest BCUT2D eigenvalue weighted by Gasteiger charge is -2.06. The minimum absolute atomic E-state index is 0.0293. The molecular formula is C10H18N4O4S. The molecule has 8 nitrogen and oxygen atoms in total. The van der Waals surface area contributed by atoms with E-state index in [1.54, 1.807) is 13.8 Å². The summed E-state index contributed by atoms with van der Waals surface area (Å²) in [6.45, 7) is 3.43. The van der Waals surface area contributed by atoms with Gasteiger partial charge in [-0.15, -0.1) is 5.10 Å². The molecule has 0 fully saturated rings. The Kier molecular flexibility index (Phi) is 5.01. The molecule has 1 heterocycles. The fourth-order valence-electron chi connectivity index (χ4n) is 1.31. The molecule has 1 rings (SSSR count). The molecule has 0 amide bonds. The Bertz CT molecular complexity index is 537.